The third-order valence-corrected chi connectivity index (χ3v) is 4.51. The number of ether oxygens (including phenoxy) is 1. The average Bonchev–Trinajstić information content (AvgIpc) is 3.23. The summed E-state index contributed by atoms with van der Waals surface area (Å²) in [6, 6.07) is 6.41. The van der Waals surface area contributed by atoms with Gasteiger partial charge in [0.2, 0.25) is 5.88 Å². The molecule has 0 saturated carbocycles. The highest BCUT2D eigenvalue weighted by atomic mass is 19.1. The number of rotatable bonds is 5. The van der Waals surface area contributed by atoms with Gasteiger partial charge in [0.15, 0.2) is 11.5 Å². The normalized spacial score (nSPS) is 12.9. The summed E-state index contributed by atoms with van der Waals surface area (Å²) in [6.45, 7) is 0.195. The Morgan fingerprint density at radius 2 is 2.07 bits per heavy atom. The van der Waals surface area contributed by atoms with Crippen molar-refractivity contribution in [2.45, 2.75) is 6.61 Å². The number of fused-ring (bicyclic) bond motifs is 1. The maximum absolute atomic E-state index is 14.3. The molecule has 1 aliphatic rings. The van der Waals surface area contributed by atoms with E-state index in [1.807, 2.05) is 18.2 Å². The smallest absolute Gasteiger partial charge is 0.241 e. The molecule has 0 spiro atoms. The highest BCUT2D eigenvalue weighted by Crippen LogP contribution is 2.34. The van der Waals surface area contributed by atoms with Gasteiger partial charge in [-0.25, -0.2) is 9.37 Å². The topological polar surface area (TPSA) is 83.0 Å². The van der Waals surface area contributed by atoms with Crippen LogP contribution in [0.5, 0.6) is 5.88 Å². The lowest BCUT2D eigenvalue weighted by Crippen LogP contribution is -2.06. The van der Waals surface area contributed by atoms with Gasteiger partial charge in [0.05, 0.1) is 0 Å². The summed E-state index contributed by atoms with van der Waals surface area (Å²) in [6.07, 6.45) is 8.83. The summed E-state index contributed by atoms with van der Waals surface area (Å²) in [5.41, 5.74) is 2.80. The first-order chi connectivity index (χ1) is 13.7. The van der Waals surface area contributed by atoms with Gasteiger partial charge in [-0.05, 0) is 12.1 Å². The molecule has 28 heavy (non-hydrogen) atoms. The lowest BCUT2D eigenvalue weighted by molar-refractivity contribution is 0.279. The number of hydrogen-bond acceptors (Lipinski definition) is 6. The number of imidazole rings is 1. The zero-order valence-electron chi connectivity index (χ0n) is 14.8. The lowest BCUT2D eigenvalue weighted by atomic mass is 10.1. The summed E-state index contributed by atoms with van der Waals surface area (Å²) in [7, 11) is 1.79. The maximum Gasteiger partial charge on any atom is 0.241 e. The molecule has 3 aromatic heterocycles. The second kappa shape index (κ2) is 6.38. The Morgan fingerprint density at radius 3 is 2.79 bits per heavy atom. The Kier molecular flexibility index (Phi) is 3.71. The molecule has 4 aromatic rings. The van der Waals surface area contributed by atoms with Gasteiger partial charge in [-0.3, -0.25) is 9.08 Å². The standard InChI is InChI=1S/C19H14FN7O/c1-26-15(21-10-23-26)9-28-19-17(12-5-4-6-12)27-11-22-25-16(18(27)24-19)13-7-2-3-8-14(13)20/h2-8,10-11H,9H2,1H3. The van der Waals surface area contributed by atoms with Gasteiger partial charge >= 0.3 is 0 Å². The van der Waals surface area contributed by atoms with Crippen molar-refractivity contribution in [3.63, 3.8) is 0 Å². The van der Waals surface area contributed by atoms with Gasteiger partial charge in [-0.1, -0.05) is 30.4 Å². The van der Waals surface area contributed by atoms with Crippen LogP contribution < -0.4 is 4.74 Å². The predicted molar refractivity (Wildman–Crippen MR) is 98.6 cm³/mol. The number of nitrogens with zero attached hydrogens (tertiary/aromatic N) is 7. The van der Waals surface area contributed by atoms with Crippen LogP contribution in [0.1, 0.15) is 11.5 Å². The van der Waals surface area contributed by atoms with Gasteiger partial charge < -0.3 is 4.74 Å². The second-order valence-electron chi connectivity index (χ2n) is 6.19. The van der Waals surface area contributed by atoms with Gasteiger partial charge in [-0.15, -0.1) is 10.2 Å². The van der Waals surface area contributed by atoms with Gasteiger partial charge in [-0.2, -0.15) is 10.1 Å². The average molecular weight is 375 g/mol. The van der Waals surface area contributed by atoms with E-state index in [1.165, 1.54) is 12.4 Å². The zero-order chi connectivity index (χ0) is 19.1. The molecule has 8 nitrogen and oxygen atoms in total. The van der Waals surface area contributed by atoms with E-state index in [2.05, 4.69) is 25.3 Å². The summed E-state index contributed by atoms with van der Waals surface area (Å²) in [5.74, 6) is 0.663. The van der Waals surface area contributed by atoms with Crippen molar-refractivity contribution in [3.05, 3.63) is 72.5 Å². The van der Waals surface area contributed by atoms with E-state index in [-0.39, 0.29) is 6.61 Å². The van der Waals surface area contributed by atoms with Crippen LogP contribution in [0.25, 0.3) is 22.5 Å². The molecular weight excluding hydrogens is 361 g/mol. The molecule has 0 unspecified atom stereocenters. The van der Waals surface area contributed by atoms with Crippen molar-refractivity contribution in [1.82, 2.24) is 34.3 Å². The Balaban J connectivity index is 1.64. The largest absolute Gasteiger partial charge is 0.468 e. The molecule has 1 aromatic carbocycles. The van der Waals surface area contributed by atoms with Crippen LogP contribution in [0.4, 0.5) is 4.39 Å². The van der Waals surface area contributed by atoms with Crippen molar-refractivity contribution < 1.29 is 9.13 Å². The fraction of sp³-hybridized carbons (Fsp3) is 0.105. The quantitative estimate of drug-likeness (QED) is 0.533. The van der Waals surface area contributed by atoms with E-state index in [4.69, 9.17) is 4.74 Å². The molecule has 0 N–H and O–H groups in total. The van der Waals surface area contributed by atoms with Crippen molar-refractivity contribution in [1.29, 1.82) is 0 Å². The molecule has 0 atom stereocenters. The summed E-state index contributed by atoms with van der Waals surface area (Å²) >= 11 is 0. The van der Waals surface area contributed by atoms with Gasteiger partial charge in [0, 0.05) is 18.2 Å². The monoisotopic (exact) mass is 375 g/mol. The Bertz CT molecular complexity index is 1250. The van der Waals surface area contributed by atoms with Crippen LogP contribution in [0.2, 0.25) is 0 Å². The minimum absolute atomic E-state index is 0.195. The highest BCUT2D eigenvalue weighted by Gasteiger charge is 2.23. The SMILES string of the molecule is Cn1ncnc1COc1nc2c(-c3ccccc3F)nncn2c1C1=CC=C1. The first-order valence-corrected chi connectivity index (χ1v) is 8.55. The molecular formula is C19H14FN7O. The summed E-state index contributed by atoms with van der Waals surface area (Å²) in [4.78, 5) is 8.76. The Labute approximate surface area is 158 Å². The number of benzene rings is 1. The first-order valence-electron chi connectivity index (χ1n) is 8.55. The second-order valence-corrected chi connectivity index (χ2v) is 6.19. The van der Waals surface area contributed by atoms with Crippen molar-refractivity contribution >= 4 is 11.2 Å². The number of aromatic nitrogens is 7. The third kappa shape index (κ3) is 2.56. The summed E-state index contributed by atoms with van der Waals surface area (Å²) in [5, 5.41) is 12.2. The van der Waals surface area contributed by atoms with Crippen LogP contribution >= 0.6 is 0 Å². The van der Waals surface area contributed by atoms with Crippen LogP contribution in [0, 0.1) is 5.82 Å². The number of hydrogen-bond donors (Lipinski definition) is 0. The van der Waals surface area contributed by atoms with Crippen molar-refractivity contribution in [2.24, 2.45) is 7.05 Å². The van der Waals surface area contributed by atoms with Crippen LogP contribution in [-0.4, -0.2) is 34.3 Å². The minimum Gasteiger partial charge on any atom is -0.468 e. The van der Waals surface area contributed by atoms with E-state index in [0.29, 0.717) is 28.6 Å². The van der Waals surface area contributed by atoms with Crippen molar-refractivity contribution in [2.75, 3.05) is 0 Å². The minimum atomic E-state index is -0.390. The van der Waals surface area contributed by atoms with E-state index >= 15 is 0 Å². The molecule has 9 heteroatoms. The molecule has 0 amide bonds. The lowest BCUT2D eigenvalue weighted by Gasteiger charge is -2.10. The van der Waals surface area contributed by atoms with Crippen LogP contribution in [-0.2, 0) is 13.7 Å². The molecule has 5 rings (SSSR count). The Hall–Kier alpha value is -3.88. The number of aryl methyl sites for hydroxylation is 1. The van der Waals surface area contributed by atoms with E-state index < -0.39 is 5.82 Å². The number of halogens is 1. The van der Waals surface area contributed by atoms with Crippen LogP contribution in [0.3, 0.4) is 0 Å². The predicted octanol–water partition coefficient (Wildman–Crippen LogP) is 2.59. The van der Waals surface area contributed by atoms with Crippen molar-refractivity contribution in [3.8, 4) is 17.1 Å². The van der Waals surface area contributed by atoms with E-state index in [1.54, 1.807) is 40.7 Å². The first kappa shape index (κ1) is 16.3. The maximum atomic E-state index is 14.3. The molecule has 0 bridgehead atoms. The third-order valence-electron chi connectivity index (χ3n) is 4.51. The molecule has 0 fully saturated rings. The molecule has 0 radical (unpaired) electrons. The van der Waals surface area contributed by atoms with E-state index in [9.17, 15) is 4.39 Å². The molecule has 1 aliphatic carbocycles. The van der Waals surface area contributed by atoms with E-state index in [0.717, 1.165) is 11.3 Å². The van der Waals surface area contributed by atoms with Crippen LogP contribution in [0.15, 0.2) is 55.1 Å². The molecule has 3 heterocycles. The summed E-state index contributed by atoms with van der Waals surface area (Å²) < 4.78 is 23.7. The van der Waals surface area contributed by atoms with Gasteiger partial charge in [0.1, 0.15) is 36.5 Å². The molecule has 138 valence electrons. The fourth-order valence-corrected chi connectivity index (χ4v) is 3.00. The zero-order valence-corrected chi connectivity index (χ0v) is 14.8. The molecule has 0 saturated heterocycles. The molecule has 0 aliphatic heterocycles. The Morgan fingerprint density at radius 1 is 1.21 bits per heavy atom. The fourth-order valence-electron chi connectivity index (χ4n) is 3.00. The van der Waals surface area contributed by atoms with Gasteiger partial charge in [0.25, 0.3) is 0 Å². The highest BCUT2D eigenvalue weighted by molar-refractivity contribution is 5.85. The number of allylic oxidation sites excluding steroid dienone is 4.